The molecule has 1 atom stereocenters. The van der Waals surface area contributed by atoms with Crippen molar-refractivity contribution >= 4 is 12.1 Å². The number of ether oxygens (including phenoxy) is 2. The van der Waals surface area contributed by atoms with Gasteiger partial charge in [-0.1, -0.05) is 0 Å². The Bertz CT molecular complexity index is 785. The van der Waals surface area contributed by atoms with Gasteiger partial charge < -0.3 is 14.4 Å². The normalized spacial score (nSPS) is 21.0. The lowest BCUT2D eigenvalue weighted by molar-refractivity contribution is -0.141. The third-order valence-corrected chi connectivity index (χ3v) is 5.38. The lowest BCUT2D eigenvalue weighted by Gasteiger charge is -2.30. The van der Waals surface area contributed by atoms with E-state index in [1.54, 1.807) is 20.8 Å². The van der Waals surface area contributed by atoms with Crippen LogP contribution in [-0.2, 0) is 39.7 Å². The minimum Gasteiger partial charge on any atom is -0.469 e. The predicted molar refractivity (Wildman–Crippen MR) is 100 cm³/mol. The molecule has 0 spiro atoms. The number of rotatable bonds is 3. The monoisotopic (exact) mass is 413 g/mol. The van der Waals surface area contributed by atoms with Crippen molar-refractivity contribution in [3.63, 3.8) is 0 Å². The molecule has 0 aromatic carbocycles. The topological polar surface area (TPSA) is 73.7 Å². The van der Waals surface area contributed by atoms with Gasteiger partial charge in [-0.15, -0.1) is 0 Å². The van der Waals surface area contributed by atoms with Crippen LogP contribution < -0.4 is 0 Å². The number of hydrogen-bond acceptors (Lipinski definition) is 5. The third kappa shape index (κ3) is 4.87. The number of carbonyl (C=O) groups excluding carboxylic acids is 2. The molecule has 0 N–H and O–H groups in total. The van der Waals surface area contributed by atoms with Crippen LogP contribution in [-0.4, -0.2) is 46.0 Å². The van der Waals surface area contributed by atoms with Gasteiger partial charge in [0.1, 0.15) is 11.3 Å². The highest BCUT2D eigenvalue weighted by atomic mass is 19.3. The summed E-state index contributed by atoms with van der Waals surface area (Å²) < 4.78 is 41.5. The Kier molecular flexibility index (Phi) is 5.87. The smallest absolute Gasteiger partial charge is 0.410 e. The number of nitrogens with zero attached hydrogens (tertiary/aromatic N) is 3. The molecule has 7 nitrogen and oxygen atoms in total. The van der Waals surface area contributed by atoms with E-state index in [1.165, 1.54) is 16.7 Å². The number of aromatic nitrogens is 2. The molecule has 0 bridgehead atoms. The van der Waals surface area contributed by atoms with Crippen LogP contribution >= 0.6 is 0 Å². The van der Waals surface area contributed by atoms with Crippen LogP contribution in [0.4, 0.5) is 13.6 Å². The van der Waals surface area contributed by atoms with Gasteiger partial charge in [-0.3, -0.25) is 9.48 Å². The highest BCUT2D eigenvalue weighted by Crippen LogP contribution is 2.42. The molecular weight excluding hydrogens is 384 g/mol. The molecule has 0 aliphatic carbocycles. The van der Waals surface area contributed by atoms with Gasteiger partial charge in [-0.2, -0.15) is 13.9 Å². The van der Waals surface area contributed by atoms with Gasteiger partial charge in [0.15, 0.2) is 0 Å². The Labute approximate surface area is 169 Å². The molecule has 9 heteroatoms. The van der Waals surface area contributed by atoms with Gasteiger partial charge in [-0.25, -0.2) is 4.79 Å². The van der Waals surface area contributed by atoms with Crippen LogP contribution in [0.15, 0.2) is 0 Å². The standard InChI is InChI=1S/C20H29F2N3O4/c1-19(2,3)29-18(27)24-10-8-15-14(12-24)17-20(21,22)9-7-13(11-25(17)23-15)5-6-16(26)28-4/h13H,5-12H2,1-4H3. The Hall–Kier alpha value is -2.19. The molecule has 1 aromatic rings. The number of alkyl halides is 2. The second-order valence-electron chi connectivity index (χ2n) is 8.83. The second kappa shape index (κ2) is 7.91. The van der Waals surface area contributed by atoms with E-state index in [0.717, 1.165) is 0 Å². The second-order valence-corrected chi connectivity index (χ2v) is 8.83. The average Bonchev–Trinajstić information content (AvgIpc) is 2.94. The fourth-order valence-electron chi connectivity index (χ4n) is 3.95. The van der Waals surface area contributed by atoms with Crippen molar-refractivity contribution in [2.75, 3.05) is 13.7 Å². The Balaban J connectivity index is 1.82. The molecule has 0 fully saturated rings. The van der Waals surface area contributed by atoms with E-state index in [9.17, 15) is 9.59 Å². The first-order valence-corrected chi connectivity index (χ1v) is 10.0. The molecule has 0 saturated carbocycles. The van der Waals surface area contributed by atoms with Crippen molar-refractivity contribution in [2.45, 2.75) is 77.5 Å². The number of hydrogen-bond donors (Lipinski definition) is 0. The summed E-state index contributed by atoms with van der Waals surface area (Å²) in [6.07, 6.45) is 0.599. The minimum absolute atomic E-state index is 0.0714. The molecule has 29 heavy (non-hydrogen) atoms. The van der Waals surface area contributed by atoms with E-state index >= 15 is 8.78 Å². The molecule has 162 valence electrons. The summed E-state index contributed by atoms with van der Waals surface area (Å²) in [5.74, 6) is -3.45. The number of halogens is 2. The molecule has 3 rings (SSSR count). The number of esters is 1. The Morgan fingerprint density at radius 3 is 2.69 bits per heavy atom. The van der Waals surface area contributed by atoms with Crippen molar-refractivity contribution < 1.29 is 27.8 Å². The van der Waals surface area contributed by atoms with Crippen molar-refractivity contribution in [1.29, 1.82) is 0 Å². The zero-order valence-corrected chi connectivity index (χ0v) is 17.5. The molecule has 1 aromatic heterocycles. The summed E-state index contributed by atoms with van der Waals surface area (Å²) in [7, 11) is 1.32. The first kappa shape index (κ1) is 21.5. The summed E-state index contributed by atoms with van der Waals surface area (Å²) in [5.41, 5.74) is 0.305. The van der Waals surface area contributed by atoms with Crippen molar-refractivity contribution in [2.24, 2.45) is 5.92 Å². The lowest BCUT2D eigenvalue weighted by atomic mass is 9.95. The van der Waals surface area contributed by atoms with E-state index in [0.29, 0.717) is 43.6 Å². The number of fused-ring (bicyclic) bond motifs is 3. The van der Waals surface area contributed by atoms with Crippen molar-refractivity contribution in [3.8, 4) is 0 Å². The van der Waals surface area contributed by atoms with E-state index in [4.69, 9.17) is 4.74 Å². The van der Waals surface area contributed by atoms with Gasteiger partial charge in [0.25, 0.3) is 5.92 Å². The van der Waals surface area contributed by atoms with E-state index < -0.39 is 17.6 Å². The number of carbonyl (C=O) groups is 2. The van der Waals surface area contributed by atoms with Crippen LogP contribution in [0.5, 0.6) is 0 Å². The molecular formula is C20H29F2N3O4. The molecule has 3 heterocycles. The molecule has 0 radical (unpaired) electrons. The lowest BCUT2D eigenvalue weighted by Crippen LogP contribution is -2.40. The van der Waals surface area contributed by atoms with Crippen LogP contribution in [0.1, 0.15) is 63.4 Å². The van der Waals surface area contributed by atoms with Gasteiger partial charge >= 0.3 is 12.1 Å². The fraction of sp³-hybridized carbons (Fsp3) is 0.750. The van der Waals surface area contributed by atoms with Crippen LogP contribution in [0, 0.1) is 5.92 Å². The van der Waals surface area contributed by atoms with Crippen LogP contribution in [0.2, 0.25) is 0 Å². The summed E-state index contributed by atoms with van der Waals surface area (Å²) in [5, 5.41) is 4.45. The summed E-state index contributed by atoms with van der Waals surface area (Å²) >= 11 is 0. The first-order chi connectivity index (χ1) is 13.5. The maximum absolute atomic E-state index is 15.0. The van der Waals surface area contributed by atoms with E-state index in [2.05, 4.69) is 9.84 Å². The highest BCUT2D eigenvalue weighted by Gasteiger charge is 2.44. The summed E-state index contributed by atoms with van der Waals surface area (Å²) in [4.78, 5) is 25.3. The largest absolute Gasteiger partial charge is 0.469 e. The van der Waals surface area contributed by atoms with Crippen LogP contribution in [0.3, 0.4) is 0 Å². The molecule has 1 amide bonds. The first-order valence-electron chi connectivity index (χ1n) is 10.0. The van der Waals surface area contributed by atoms with Gasteiger partial charge in [-0.05, 0) is 39.5 Å². The molecule has 2 aliphatic rings. The SMILES string of the molecule is COC(=O)CCC1CCC(F)(F)c2c3c(nn2C1)CCN(C(=O)OC(C)(C)C)C3. The van der Waals surface area contributed by atoms with Gasteiger partial charge in [0.2, 0.25) is 0 Å². The van der Waals surface area contributed by atoms with Crippen LogP contribution in [0.25, 0.3) is 0 Å². The van der Waals surface area contributed by atoms with Crippen molar-refractivity contribution in [1.82, 2.24) is 14.7 Å². The number of methoxy groups -OCH3 is 1. The summed E-state index contributed by atoms with van der Waals surface area (Å²) in [6.45, 7) is 6.11. The molecule has 2 aliphatic heterocycles. The molecule has 1 unspecified atom stereocenters. The average molecular weight is 413 g/mol. The van der Waals surface area contributed by atoms with Gasteiger partial charge in [0, 0.05) is 37.9 Å². The molecule has 0 saturated heterocycles. The quantitative estimate of drug-likeness (QED) is 0.708. The van der Waals surface area contributed by atoms with Crippen molar-refractivity contribution in [3.05, 3.63) is 17.0 Å². The minimum atomic E-state index is -3.03. The third-order valence-electron chi connectivity index (χ3n) is 5.38. The Morgan fingerprint density at radius 1 is 1.31 bits per heavy atom. The van der Waals surface area contributed by atoms with E-state index in [-0.39, 0.29) is 37.0 Å². The maximum Gasteiger partial charge on any atom is 0.410 e. The van der Waals surface area contributed by atoms with Gasteiger partial charge in [0.05, 0.1) is 19.3 Å². The zero-order chi connectivity index (χ0) is 21.4. The zero-order valence-electron chi connectivity index (χ0n) is 17.5. The predicted octanol–water partition coefficient (Wildman–Crippen LogP) is 3.63. The maximum atomic E-state index is 15.0. The number of amides is 1. The highest BCUT2D eigenvalue weighted by molar-refractivity contribution is 5.69. The fourth-order valence-corrected chi connectivity index (χ4v) is 3.95. The summed E-state index contributed by atoms with van der Waals surface area (Å²) in [6, 6.07) is 0. The Morgan fingerprint density at radius 2 is 2.03 bits per heavy atom. The van der Waals surface area contributed by atoms with E-state index in [1.807, 2.05) is 0 Å².